The molecular formula is C16H25FN2. The molecule has 106 valence electrons. The zero-order valence-corrected chi connectivity index (χ0v) is 12.2. The third kappa shape index (κ3) is 3.69. The standard InChI is InChI=1S/C16H25FN2/c1-4-19(13-8-9-13)16-7-5-6-15(17)14(16)11-18-10-12(2)3/h5-7,12-13,18H,4,8-11H2,1-3H3. The lowest BCUT2D eigenvalue weighted by Crippen LogP contribution is -2.28. The lowest BCUT2D eigenvalue weighted by atomic mass is 10.1. The van der Waals surface area contributed by atoms with Crippen LogP contribution in [0.1, 0.15) is 39.2 Å². The fourth-order valence-corrected chi connectivity index (χ4v) is 2.49. The van der Waals surface area contributed by atoms with Gasteiger partial charge in [-0.3, -0.25) is 0 Å². The van der Waals surface area contributed by atoms with Gasteiger partial charge in [-0.2, -0.15) is 0 Å². The number of anilines is 1. The minimum absolute atomic E-state index is 0.0899. The van der Waals surface area contributed by atoms with Crippen LogP contribution in [0.25, 0.3) is 0 Å². The summed E-state index contributed by atoms with van der Waals surface area (Å²) in [5.74, 6) is 0.494. The van der Waals surface area contributed by atoms with E-state index < -0.39 is 0 Å². The Morgan fingerprint density at radius 2 is 2.11 bits per heavy atom. The van der Waals surface area contributed by atoms with Gasteiger partial charge in [0.25, 0.3) is 0 Å². The average Bonchev–Trinajstić information content (AvgIpc) is 3.17. The van der Waals surface area contributed by atoms with Gasteiger partial charge >= 0.3 is 0 Å². The first-order valence-electron chi connectivity index (χ1n) is 7.38. The van der Waals surface area contributed by atoms with Crippen molar-refractivity contribution in [3.05, 3.63) is 29.6 Å². The van der Waals surface area contributed by atoms with Crippen LogP contribution in [0.3, 0.4) is 0 Å². The molecule has 1 aliphatic rings. The predicted molar refractivity (Wildman–Crippen MR) is 79.0 cm³/mol. The van der Waals surface area contributed by atoms with Crippen LogP contribution < -0.4 is 10.2 Å². The second kappa shape index (κ2) is 6.38. The minimum atomic E-state index is -0.0899. The Bertz CT molecular complexity index is 413. The monoisotopic (exact) mass is 264 g/mol. The molecule has 0 aliphatic heterocycles. The number of benzene rings is 1. The molecule has 0 spiro atoms. The van der Waals surface area contributed by atoms with Crippen molar-refractivity contribution in [2.24, 2.45) is 5.92 Å². The highest BCUT2D eigenvalue weighted by molar-refractivity contribution is 5.55. The van der Waals surface area contributed by atoms with Crippen molar-refractivity contribution < 1.29 is 4.39 Å². The predicted octanol–water partition coefficient (Wildman–Crippen LogP) is 3.56. The van der Waals surface area contributed by atoms with Crippen molar-refractivity contribution >= 4 is 5.69 Å². The largest absolute Gasteiger partial charge is 0.368 e. The highest BCUT2D eigenvalue weighted by atomic mass is 19.1. The lowest BCUT2D eigenvalue weighted by Gasteiger charge is -2.26. The van der Waals surface area contributed by atoms with Crippen LogP contribution in [-0.4, -0.2) is 19.1 Å². The van der Waals surface area contributed by atoms with Crippen molar-refractivity contribution in [2.75, 3.05) is 18.0 Å². The highest BCUT2D eigenvalue weighted by Gasteiger charge is 2.29. The van der Waals surface area contributed by atoms with Crippen LogP contribution in [0, 0.1) is 11.7 Å². The summed E-state index contributed by atoms with van der Waals surface area (Å²) in [6, 6.07) is 6.06. The molecule has 1 fully saturated rings. The van der Waals surface area contributed by atoms with E-state index in [1.807, 2.05) is 6.07 Å². The van der Waals surface area contributed by atoms with Crippen molar-refractivity contribution in [2.45, 2.75) is 46.2 Å². The van der Waals surface area contributed by atoms with Gasteiger partial charge in [0, 0.05) is 30.4 Å². The molecule has 2 rings (SSSR count). The maximum absolute atomic E-state index is 14.1. The molecule has 0 atom stereocenters. The minimum Gasteiger partial charge on any atom is -0.368 e. The average molecular weight is 264 g/mol. The van der Waals surface area contributed by atoms with Gasteiger partial charge < -0.3 is 10.2 Å². The molecule has 3 heteroatoms. The molecule has 19 heavy (non-hydrogen) atoms. The van der Waals surface area contributed by atoms with Crippen LogP contribution in [-0.2, 0) is 6.54 Å². The van der Waals surface area contributed by atoms with Gasteiger partial charge in [-0.1, -0.05) is 19.9 Å². The van der Waals surface area contributed by atoms with E-state index in [-0.39, 0.29) is 5.82 Å². The topological polar surface area (TPSA) is 15.3 Å². The lowest BCUT2D eigenvalue weighted by molar-refractivity contribution is 0.534. The molecule has 1 N–H and O–H groups in total. The second-order valence-corrected chi connectivity index (χ2v) is 5.78. The van der Waals surface area contributed by atoms with E-state index in [9.17, 15) is 4.39 Å². The Hall–Kier alpha value is -1.09. The molecule has 1 aliphatic carbocycles. The Kier molecular flexibility index (Phi) is 4.81. The molecule has 1 aromatic carbocycles. The molecule has 1 saturated carbocycles. The summed E-state index contributed by atoms with van der Waals surface area (Å²) in [4.78, 5) is 2.34. The summed E-state index contributed by atoms with van der Waals surface area (Å²) < 4.78 is 14.1. The van der Waals surface area contributed by atoms with Crippen LogP contribution in [0.4, 0.5) is 10.1 Å². The zero-order valence-electron chi connectivity index (χ0n) is 12.2. The molecular weight excluding hydrogens is 239 g/mol. The smallest absolute Gasteiger partial charge is 0.129 e. The number of rotatable bonds is 7. The molecule has 0 aromatic heterocycles. The van der Waals surface area contributed by atoms with Gasteiger partial charge in [0.2, 0.25) is 0 Å². The van der Waals surface area contributed by atoms with E-state index in [1.165, 1.54) is 12.8 Å². The number of halogens is 1. The van der Waals surface area contributed by atoms with E-state index in [4.69, 9.17) is 0 Å². The maximum Gasteiger partial charge on any atom is 0.129 e. The Morgan fingerprint density at radius 3 is 2.68 bits per heavy atom. The van der Waals surface area contributed by atoms with E-state index in [0.29, 0.717) is 18.5 Å². The molecule has 0 saturated heterocycles. The zero-order chi connectivity index (χ0) is 13.8. The molecule has 1 aromatic rings. The van der Waals surface area contributed by atoms with Gasteiger partial charge in [0.05, 0.1) is 0 Å². The van der Waals surface area contributed by atoms with E-state index in [1.54, 1.807) is 6.07 Å². The van der Waals surface area contributed by atoms with E-state index in [0.717, 1.165) is 24.3 Å². The second-order valence-electron chi connectivity index (χ2n) is 5.78. The number of nitrogens with one attached hydrogen (secondary N) is 1. The summed E-state index contributed by atoms with van der Waals surface area (Å²) in [5, 5.41) is 3.35. The fourth-order valence-electron chi connectivity index (χ4n) is 2.49. The fraction of sp³-hybridized carbons (Fsp3) is 0.625. The van der Waals surface area contributed by atoms with Crippen LogP contribution in [0.15, 0.2) is 18.2 Å². The quantitative estimate of drug-likeness (QED) is 0.810. The first-order chi connectivity index (χ1) is 9.13. The summed E-state index contributed by atoms with van der Waals surface area (Å²) in [5.41, 5.74) is 1.89. The van der Waals surface area contributed by atoms with Crippen LogP contribution >= 0.6 is 0 Å². The summed E-state index contributed by atoms with van der Waals surface area (Å²) in [6.45, 7) is 8.96. The van der Waals surface area contributed by atoms with Crippen LogP contribution in [0.2, 0.25) is 0 Å². The van der Waals surface area contributed by atoms with E-state index in [2.05, 4.69) is 37.1 Å². The third-order valence-corrected chi connectivity index (χ3v) is 3.59. The maximum atomic E-state index is 14.1. The summed E-state index contributed by atoms with van der Waals surface area (Å²) >= 11 is 0. The van der Waals surface area contributed by atoms with Gasteiger partial charge in [-0.25, -0.2) is 4.39 Å². The van der Waals surface area contributed by atoms with Crippen LogP contribution in [0.5, 0.6) is 0 Å². The molecule has 0 amide bonds. The molecule has 2 nitrogen and oxygen atoms in total. The summed E-state index contributed by atoms with van der Waals surface area (Å²) in [7, 11) is 0. The van der Waals surface area contributed by atoms with Gasteiger partial charge in [0.1, 0.15) is 5.82 Å². The molecule has 0 unspecified atom stereocenters. The molecule has 0 bridgehead atoms. The highest BCUT2D eigenvalue weighted by Crippen LogP contribution is 2.34. The number of nitrogens with zero attached hydrogens (tertiary/aromatic N) is 1. The first kappa shape index (κ1) is 14.3. The van der Waals surface area contributed by atoms with Gasteiger partial charge in [-0.05, 0) is 44.4 Å². The normalized spacial score (nSPS) is 15.0. The van der Waals surface area contributed by atoms with Crippen molar-refractivity contribution in [3.63, 3.8) is 0 Å². The molecule has 0 heterocycles. The number of hydrogen-bond acceptors (Lipinski definition) is 2. The third-order valence-electron chi connectivity index (χ3n) is 3.59. The SMILES string of the molecule is CCN(c1cccc(F)c1CNCC(C)C)C1CC1. The Balaban J connectivity index is 2.14. The Morgan fingerprint density at radius 1 is 1.37 bits per heavy atom. The molecule has 0 radical (unpaired) electrons. The van der Waals surface area contributed by atoms with Crippen molar-refractivity contribution in [1.82, 2.24) is 5.32 Å². The van der Waals surface area contributed by atoms with Gasteiger partial charge in [0.15, 0.2) is 0 Å². The van der Waals surface area contributed by atoms with Crippen molar-refractivity contribution in [3.8, 4) is 0 Å². The Labute approximate surface area is 116 Å². The van der Waals surface area contributed by atoms with E-state index >= 15 is 0 Å². The van der Waals surface area contributed by atoms with Gasteiger partial charge in [-0.15, -0.1) is 0 Å². The first-order valence-corrected chi connectivity index (χ1v) is 7.38. The van der Waals surface area contributed by atoms with Crippen molar-refractivity contribution in [1.29, 1.82) is 0 Å². The summed E-state index contributed by atoms with van der Waals surface area (Å²) in [6.07, 6.45) is 2.48. The number of hydrogen-bond donors (Lipinski definition) is 1.